The third-order valence-electron chi connectivity index (χ3n) is 6.07. The number of ether oxygens (including phenoxy) is 1. The number of carboxylic acid groups (broad SMARTS) is 1. The van der Waals surface area contributed by atoms with Gasteiger partial charge in [0.1, 0.15) is 6.10 Å². The highest BCUT2D eigenvalue weighted by Crippen LogP contribution is 2.33. The van der Waals surface area contributed by atoms with Gasteiger partial charge in [-0.2, -0.15) is 0 Å². The molecule has 180 valence electrons. The van der Waals surface area contributed by atoms with E-state index >= 15 is 0 Å². The number of hydrogen-bond donors (Lipinski definition) is 2. The van der Waals surface area contributed by atoms with Crippen LogP contribution < -0.4 is 5.32 Å². The Kier molecular flexibility index (Phi) is 9.08. The number of aliphatic carboxylic acids is 1. The van der Waals surface area contributed by atoms with E-state index in [9.17, 15) is 9.59 Å². The molecule has 34 heavy (non-hydrogen) atoms. The van der Waals surface area contributed by atoms with Gasteiger partial charge < -0.3 is 15.2 Å². The minimum atomic E-state index is -0.932. The number of hydrogen-bond acceptors (Lipinski definition) is 3. The van der Waals surface area contributed by atoms with Crippen molar-refractivity contribution in [1.29, 1.82) is 0 Å². The molecule has 0 saturated carbocycles. The Morgan fingerprint density at radius 2 is 1.65 bits per heavy atom. The Morgan fingerprint density at radius 1 is 0.971 bits per heavy atom. The second-order valence-corrected chi connectivity index (χ2v) is 9.02. The summed E-state index contributed by atoms with van der Waals surface area (Å²) in [5.41, 5.74) is 5.49. The Labute approximate surface area is 202 Å². The molecule has 1 aliphatic carbocycles. The van der Waals surface area contributed by atoms with Crippen LogP contribution in [0.1, 0.15) is 91.9 Å². The summed E-state index contributed by atoms with van der Waals surface area (Å²) in [5, 5.41) is 11.3. The number of nitrogens with one attached hydrogen (secondary N) is 1. The van der Waals surface area contributed by atoms with E-state index < -0.39 is 5.97 Å². The van der Waals surface area contributed by atoms with Gasteiger partial charge >= 0.3 is 5.97 Å². The van der Waals surface area contributed by atoms with Crippen molar-refractivity contribution in [2.75, 3.05) is 6.54 Å². The van der Waals surface area contributed by atoms with Crippen LogP contribution in [0.4, 0.5) is 0 Å². The van der Waals surface area contributed by atoms with Crippen LogP contribution in [0, 0.1) is 0 Å². The number of rotatable bonds is 11. The molecule has 5 heteroatoms. The van der Waals surface area contributed by atoms with Gasteiger partial charge in [-0.25, -0.2) is 0 Å². The maximum Gasteiger partial charge on any atom is 0.305 e. The zero-order valence-corrected chi connectivity index (χ0v) is 20.3. The molecule has 1 atom stereocenters. The first kappa shape index (κ1) is 25.3. The third kappa shape index (κ3) is 7.08. The highest BCUT2D eigenvalue weighted by atomic mass is 16.5. The van der Waals surface area contributed by atoms with Crippen LogP contribution in [-0.4, -0.2) is 23.5 Å². The average Bonchev–Trinajstić information content (AvgIpc) is 2.84. The van der Waals surface area contributed by atoms with Crippen LogP contribution in [0.15, 0.2) is 66.4 Å². The first-order valence-corrected chi connectivity index (χ1v) is 12.1. The molecule has 2 aromatic carbocycles. The van der Waals surface area contributed by atoms with E-state index in [0.717, 1.165) is 37.0 Å². The Hall–Kier alpha value is -3.34. The molecule has 1 amide bonds. The lowest BCUT2D eigenvalue weighted by Crippen LogP contribution is -2.25. The van der Waals surface area contributed by atoms with E-state index in [1.165, 1.54) is 16.7 Å². The van der Waals surface area contributed by atoms with E-state index in [2.05, 4.69) is 62.5 Å². The molecule has 0 radical (unpaired) electrons. The molecule has 0 bridgehead atoms. The molecule has 0 heterocycles. The first-order chi connectivity index (χ1) is 16.4. The third-order valence-corrected chi connectivity index (χ3v) is 6.07. The number of benzene rings is 2. The highest BCUT2D eigenvalue weighted by Gasteiger charge is 2.17. The van der Waals surface area contributed by atoms with Crippen LogP contribution in [0.25, 0.3) is 5.57 Å². The van der Waals surface area contributed by atoms with Crippen molar-refractivity contribution >= 4 is 17.4 Å². The molecule has 0 fully saturated rings. The fraction of sp³-hybridized carbons (Fsp3) is 0.379. The normalized spacial score (nSPS) is 14.2. The van der Waals surface area contributed by atoms with Crippen LogP contribution in [0.5, 0.6) is 0 Å². The molecule has 2 N–H and O–H groups in total. The molecule has 0 spiro atoms. The second-order valence-electron chi connectivity index (χ2n) is 9.02. The van der Waals surface area contributed by atoms with Gasteiger partial charge in [0, 0.05) is 18.5 Å². The lowest BCUT2D eigenvalue weighted by molar-refractivity contribution is -0.136. The first-order valence-electron chi connectivity index (χ1n) is 12.1. The summed E-state index contributed by atoms with van der Waals surface area (Å²) < 4.78 is 6.39. The summed E-state index contributed by atoms with van der Waals surface area (Å²) >= 11 is 0. The van der Waals surface area contributed by atoms with E-state index in [1.807, 2.05) is 12.1 Å². The number of carbonyl (C=O) groups is 2. The van der Waals surface area contributed by atoms with E-state index in [0.29, 0.717) is 11.5 Å². The summed E-state index contributed by atoms with van der Waals surface area (Å²) in [7, 11) is 0. The van der Waals surface area contributed by atoms with Gasteiger partial charge in [-0.15, -0.1) is 0 Å². The standard InChI is InChI=1S/C29H35NO4/c1-4-5-27(24-10-12-25(13-11-24)29(33)30-19-18-28(31)32)34-26-16-14-23(15-17-26)22-8-6-21(7-9-22)20(2)3/h6-14,16,20,27H,4-5,15,17-19H2,1-3H3,(H,30,33)(H,31,32). The summed E-state index contributed by atoms with van der Waals surface area (Å²) in [5.74, 6) is 0.315. The van der Waals surface area contributed by atoms with Crippen molar-refractivity contribution < 1.29 is 19.4 Å². The maximum atomic E-state index is 12.2. The minimum absolute atomic E-state index is 0.0688. The molecule has 1 aliphatic rings. The molecule has 5 nitrogen and oxygen atoms in total. The summed E-state index contributed by atoms with van der Waals surface area (Å²) in [6.07, 6.45) is 7.76. The maximum absolute atomic E-state index is 12.2. The Balaban J connectivity index is 1.64. The molecule has 0 aromatic heterocycles. The summed E-state index contributed by atoms with van der Waals surface area (Å²) in [6.45, 7) is 6.66. The highest BCUT2D eigenvalue weighted by molar-refractivity contribution is 5.94. The number of carboxylic acids is 1. The van der Waals surface area contributed by atoms with E-state index in [1.54, 1.807) is 12.1 Å². The Morgan fingerprint density at radius 3 is 2.21 bits per heavy atom. The van der Waals surface area contributed by atoms with E-state index in [-0.39, 0.29) is 25.0 Å². The molecule has 0 aliphatic heterocycles. The average molecular weight is 462 g/mol. The van der Waals surface area contributed by atoms with Gasteiger partial charge in [0.2, 0.25) is 0 Å². The zero-order chi connectivity index (χ0) is 24.5. The van der Waals surface area contributed by atoms with Crippen molar-refractivity contribution in [2.24, 2.45) is 0 Å². The quantitative estimate of drug-likeness (QED) is 0.394. The van der Waals surface area contributed by atoms with E-state index in [4.69, 9.17) is 9.84 Å². The molecule has 2 aromatic rings. The molecule has 3 rings (SSSR count). The Bertz CT molecular complexity index is 1030. The van der Waals surface area contributed by atoms with Crippen LogP contribution in [-0.2, 0) is 9.53 Å². The number of allylic oxidation sites excluding steroid dienone is 4. The topological polar surface area (TPSA) is 75.6 Å². The van der Waals surface area contributed by atoms with Crippen LogP contribution in [0.2, 0.25) is 0 Å². The number of amides is 1. The van der Waals surface area contributed by atoms with Gasteiger partial charge in [-0.3, -0.25) is 9.59 Å². The van der Waals surface area contributed by atoms with Gasteiger partial charge in [0.05, 0.1) is 12.2 Å². The van der Waals surface area contributed by atoms with Crippen molar-refractivity contribution in [3.63, 3.8) is 0 Å². The smallest absolute Gasteiger partial charge is 0.305 e. The minimum Gasteiger partial charge on any atom is -0.490 e. The molecular weight excluding hydrogens is 426 g/mol. The lowest BCUT2D eigenvalue weighted by Gasteiger charge is -2.23. The van der Waals surface area contributed by atoms with Crippen molar-refractivity contribution in [1.82, 2.24) is 5.32 Å². The van der Waals surface area contributed by atoms with Crippen LogP contribution >= 0.6 is 0 Å². The second kappa shape index (κ2) is 12.2. The van der Waals surface area contributed by atoms with Gasteiger partial charge in [-0.05, 0) is 59.2 Å². The van der Waals surface area contributed by atoms with Crippen LogP contribution in [0.3, 0.4) is 0 Å². The van der Waals surface area contributed by atoms with Crippen molar-refractivity contribution in [3.05, 3.63) is 88.7 Å². The molecular formula is C29H35NO4. The van der Waals surface area contributed by atoms with Gasteiger partial charge in [0.15, 0.2) is 0 Å². The van der Waals surface area contributed by atoms with Gasteiger partial charge in [-0.1, -0.05) is 69.7 Å². The molecule has 1 unspecified atom stereocenters. The monoisotopic (exact) mass is 461 g/mol. The summed E-state index contributed by atoms with van der Waals surface area (Å²) in [4.78, 5) is 22.8. The fourth-order valence-corrected chi connectivity index (χ4v) is 4.01. The SMILES string of the molecule is CCCC(OC1=CC=C(c2ccc(C(C)C)cc2)CC1)c1ccc(C(=O)NCCC(=O)O)cc1. The predicted octanol–water partition coefficient (Wildman–Crippen LogP) is 6.63. The van der Waals surface area contributed by atoms with Gasteiger partial charge in [0.25, 0.3) is 5.91 Å². The zero-order valence-electron chi connectivity index (χ0n) is 20.3. The summed E-state index contributed by atoms with van der Waals surface area (Å²) in [6, 6.07) is 16.2. The predicted molar refractivity (Wildman–Crippen MR) is 136 cm³/mol. The van der Waals surface area contributed by atoms with Crippen molar-refractivity contribution in [3.8, 4) is 0 Å². The largest absolute Gasteiger partial charge is 0.490 e. The molecule has 0 saturated heterocycles. The van der Waals surface area contributed by atoms with Crippen molar-refractivity contribution in [2.45, 2.75) is 64.9 Å². The lowest BCUT2D eigenvalue weighted by atomic mass is 9.94. The fourth-order valence-electron chi connectivity index (χ4n) is 4.01. The number of carbonyl (C=O) groups excluding carboxylic acids is 1.